The molecular formula is C11H11F3N4S. The van der Waals surface area contributed by atoms with E-state index in [0.717, 1.165) is 29.7 Å². The van der Waals surface area contributed by atoms with Crippen LogP contribution in [-0.4, -0.2) is 14.8 Å². The van der Waals surface area contributed by atoms with Gasteiger partial charge in [0, 0.05) is 11.9 Å². The maximum Gasteiger partial charge on any atom is 0.433 e. The van der Waals surface area contributed by atoms with Crippen molar-refractivity contribution in [2.75, 3.05) is 5.73 Å². The Morgan fingerprint density at radius 1 is 1.32 bits per heavy atom. The summed E-state index contributed by atoms with van der Waals surface area (Å²) in [6.45, 7) is 1.81. The molecule has 0 aliphatic carbocycles. The summed E-state index contributed by atoms with van der Waals surface area (Å²) in [6.07, 6.45) is -3.46. The maximum atomic E-state index is 12.6. The first-order valence-corrected chi connectivity index (χ1v) is 6.10. The van der Waals surface area contributed by atoms with Crippen molar-refractivity contribution in [3.63, 3.8) is 0 Å². The molecule has 0 aliphatic rings. The largest absolute Gasteiger partial charge is 0.433 e. The number of hydrogen-bond acceptors (Lipinski definition) is 4. The van der Waals surface area contributed by atoms with Crippen LogP contribution in [-0.2, 0) is 13.2 Å². The molecule has 0 radical (unpaired) electrons. The number of hydrogen-bond donors (Lipinski definition) is 1. The summed E-state index contributed by atoms with van der Waals surface area (Å²) >= 11 is 1.13. The van der Waals surface area contributed by atoms with Crippen molar-refractivity contribution >= 4 is 17.4 Å². The van der Waals surface area contributed by atoms with Crippen molar-refractivity contribution in [1.82, 2.24) is 14.8 Å². The molecule has 0 spiro atoms. The van der Waals surface area contributed by atoms with E-state index in [9.17, 15) is 13.2 Å². The molecule has 19 heavy (non-hydrogen) atoms. The van der Waals surface area contributed by atoms with E-state index in [1.54, 1.807) is 24.7 Å². The molecule has 2 aromatic heterocycles. The molecule has 0 saturated heterocycles. The number of alkyl halides is 3. The van der Waals surface area contributed by atoms with Gasteiger partial charge in [-0.1, -0.05) is 11.8 Å². The Labute approximate surface area is 111 Å². The second kappa shape index (κ2) is 4.76. The van der Waals surface area contributed by atoms with Gasteiger partial charge in [0.25, 0.3) is 0 Å². The van der Waals surface area contributed by atoms with Crippen molar-refractivity contribution in [3.8, 4) is 0 Å². The van der Waals surface area contributed by atoms with Crippen LogP contribution in [0.5, 0.6) is 0 Å². The third-order valence-electron chi connectivity index (χ3n) is 2.36. The van der Waals surface area contributed by atoms with Crippen LogP contribution in [0, 0.1) is 6.92 Å². The minimum atomic E-state index is -4.48. The van der Waals surface area contributed by atoms with E-state index < -0.39 is 11.9 Å². The highest BCUT2D eigenvalue weighted by Crippen LogP contribution is 2.36. The Balaban J connectivity index is 2.37. The quantitative estimate of drug-likeness (QED) is 0.923. The van der Waals surface area contributed by atoms with Gasteiger partial charge in [-0.15, -0.1) is 0 Å². The second-order valence-electron chi connectivity index (χ2n) is 3.95. The molecule has 0 unspecified atom stereocenters. The lowest BCUT2D eigenvalue weighted by Crippen LogP contribution is -2.08. The van der Waals surface area contributed by atoms with Crippen LogP contribution in [0.2, 0.25) is 0 Å². The van der Waals surface area contributed by atoms with Gasteiger partial charge in [0.1, 0.15) is 5.69 Å². The number of pyridine rings is 1. The van der Waals surface area contributed by atoms with Crippen LogP contribution in [0.4, 0.5) is 18.9 Å². The topological polar surface area (TPSA) is 56.7 Å². The molecule has 0 fully saturated rings. The lowest BCUT2D eigenvalue weighted by molar-refractivity contribution is -0.141. The Morgan fingerprint density at radius 2 is 2.00 bits per heavy atom. The number of nitrogens with zero attached hydrogens (tertiary/aromatic N) is 3. The molecule has 0 amide bonds. The number of rotatable bonds is 2. The molecular weight excluding hydrogens is 277 g/mol. The van der Waals surface area contributed by atoms with E-state index in [1.165, 1.54) is 0 Å². The summed E-state index contributed by atoms with van der Waals surface area (Å²) in [5.41, 5.74) is 5.69. The van der Waals surface area contributed by atoms with E-state index in [4.69, 9.17) is 5.73 Å². The first kappa shape index (κ1) is 13.7. The highest BCUT2D eigenvalue weighted by Gasteiger charge is 2.33. The van der Waals surface area contributed by atoms with Gasteiger partial charge in [-0.25, -0.2) is 4.98 Å². The van der Waals surface area contributed by atoms with Crippen LogP contribution in [0.1, 0.15) is 11.4 Å². The molecule has 0 atom stereocenters. The zero-order valence-electron chi connectivity index (χ0n) is 10.2. The SMILES string of the molecule is Cc1cc(Sc2cc(C(F)(F)F)ncc2N)n(C)n1. The average molecular weight is 288 g/mol. The smallest absolute Gasteiger partial charge is 0.397 e. The number of halogens is 3. The van der Waals surface area contributed by atoms with Gasteiger partial charge in [-0.3, -0.25) is 4.68 Å². The Morgan fingerprint density at radius 3 is 2.53 bits per heavy atom. The monoisotopic (exact) mass is 288 g/mol. The molecule has 2 heterocycles. The van der Waals surface area contributed by atoms with Gasteiger partial charge >= 0.3 is 6.18 Å². The molecule has 0 saturated carbocycles. The minimum Gasteiger partial charge on any atom is -0.397 e. The van der Waals surface area contributed by atoms with Crippen molar-refractivity contribution < 1.29 is 13.2 Å². The van der Waals surface area contributed by atoms with Crippen LogP contribution in [0.15, 0.2) is 28.3 Å². The van der Waals surface area contributed by atoms with E-state index in [0.29, 0.717) is 9.92 Å². The summed E-state index contributed by atoms with van der Waals surface area (Å²) in [5, 5.41) is 4.84. The summed E-state index contributed by atoms with van der Waals surface area (Å²) in [6, 6.07) is 2.72. The summed E-state index contributed by atoms with van der Waals surface area (Å²) in [7, 11) is 1.72. The fourth-order valence-corrected chi connectivity index (χ4v) is 2.45. The van der Waals surface area contributed by atoms with Gasteiger partial charge in [0.05, 0.1) is 22.6 Å². The predicted molar refractivity (Wildman–Crippen MR) is 65.7 cm³/mol. The zero-order chi connectivity index (χ0) is 14.2. The van der Waals surface area contributed by atoms with Crippen molar-refractivity contribution in [2.45, 2.75) is 23.0 Å². The molecule has 2 rings (SSSR count). The first-order chi connectivity index (χ1) is 8.77. The standard InChI is InChI=1S/C11H11F3N4S/c1-6-3-10(18(2)17-6)19-8-4-9(11(12,13)14)16-5-7(8)15/h3-5H,15H2,1-2H3. The third kappa shape index (κ3) is 3.01. The molecule has 4 nitrogen and oxygen atoms in total. The first-order valence-electron chi connectivity index (χ1n) is 5.28. The average Bonchev–Trinajstić information content (AvgIpc) is 2.59. The number of aromatic nitrogens is 3. The van der Waals surface area contributed by atoms with E-state index in [2.05, 4.69) is 10.1 Å². The number of anilines is 1. The predicted octanol–water partition coefficient (Wildman–Crippen LogP) is 2.88. The summed E-state index contributed by atoms with van der Waals surface area (Å²) in [5.74, 6) is 0. The van der Waals surface area contributed by atoms with Gasteiger partial charge in [-0.2, -0.15) is 18.3 Å². The normalized spacial score (nSPS) is 11.8. The molecule has 2 N–H and O–H groups in total. The Hall–Kier alpha value is -1.70. The number of nitrogen functional groups attached to an aromatic ring is 1. The Kier molecular flexibility index (Phi) is 3.44. The summed E-state index contributed by atoms with van der Waals surface area (Å²) in [4.78, 5) is 3.60. The van der Waals surface area contributed by atoms with Gasteiger partial charge in [0.2, 0.25) is 0 Å². The van der Waals surface area contributed by atoms with Crippen molar-refractivity contribution in [1.29, 1.82) is 0 Å². The van der Waals surface area contributed by atoms with Gasteiger partial charge in [-0.05, 0) is 19.1 Å². The second-order valence-corrected chi connectivity index (χ2v) is 5.02. The highest BCUT2D eigenvalue weighted by atomic mass is 32.2. The Bertz CT molecular complexity index is 606. The van der Waals surface area contributed by atoms with Crippen LogP contribution in [0.3, 0.4) is 0 Å². The molecule has 2 aromatic rings. The molecule has 8 heteroatoms. The molecule has 102 valence electrons. The molecule has 0 aromatic carbocycles. The zero-order valence-corrected chi connectivity index (χ0v) is 11.0. The van der Waals surface area contributed by atoms with Crippen molar-refractivity contribution in [3.05, 3.63) is 29.7 Å². The lowest BCUT2D eigenvalue weighted by Gasteiger charge is -2.09. The van der Waals surface area contributed by atoms with Gasteiger partial charge in [0.15, 0.2) is 0 Å². The van der Waals surface area contributed by atoms with Crippen molar-refractivity contribution in [2.24, 2.45) is 7.05 Å². The summed E-state index contributed by atoms with van der Waals surface area (Å²) < 4.78 is 39.4. The van der Waals surface area contributed by atoms with Gasteiger partial charge < -0.3 is 5.73 Å². The van der Waals surface area contributed by atoms with Crippen LogP contribution >= 0.6 is 11.8 Å². The fourth-order valence-electron chi connectivity index (χ4n) is 1.49. The lowest BCUT2D eigenvalue weighted by atomic mass is 10.3. The highest BCUT2D eigenvalue weighted by molar-refractivity contribution is 7.99. The van der Waals surface area contributed by atoms with Crippen LogP contribution in [0.25, 0.3) is 0 Å². The van der Waals surface area contributed by atoms with Crippen LogP contribution < -0.4 is 5.73 Å². The van der Waals surface area contributed by atoms with E-state index in [-0.39, 0.29) is 5.69 Å². The molecule has 0 bridgehead atoms. The maximum absolute atomic E-state index is 12.6. The fraction of sp³-hybridized carbons (Fsp3) is 0.273. The number of nitrogens with two attached hydrogens (primary N) is 1. The van der Waals surface area contributed by atoms with E-state index in [1.807, 2.05) is 0 Å². The number of aryl methyl sites for hydroxylation is 2. The third-order valence-corrected chi connectivity index (χ3v) is 3.52. The van der Waals surface area contributed by atoms with E-state index >= 15 is 0 Å². The minimum absolute atomic E-state index is 0.205. The molecule has 0 aliphatic heterocycles.